The fourth-order valence-corrected chi connectivity index (χ4v) is 5.90. The van der Waals surface area contributed by atoms with E-state index in [1.807, 2.05) is 4.90 Å². The van der Waals surface area contributed by atoms with Crippen molar-refractivity contribution >= 4 is 11.8 Å². The summed E-state index contributed by atoms with van der Waals surface area (Å²) in [5.74, 6) is 3.08. The monoisotopic (exact) mass is 358 g/mol. The molecule has 3 fully saturated rings. The summed E-state index contributed by atoms with van der Waals surface area (Å²) in [5.41, 5.74) is 0.469. The summed E-state index contributed by atoms with van der Waals surface area (Å²) in [6.45, 7) is 10.5. The van der Waals surface area contributed by atoms with Crippen LogP contribution < -0.4 is 5.32 Å². The maximum Gasteiger partial charge on any atom is 0.225 e. The van der Waals surface area contributed by atoms with Crippen LogP contribution in [0.15, 0.2) is 12.2 Å². The van der Waals surface area contributed by atoms with Crippen molar-refractivity contribution in [3.8, 4) is 0 Å². The molecule has 4 aliphatic rings. The second-order valence-corrected chi connectivity index (χ2v) is 10.1. The number of nitrogens with zero attached hydrogens (tertiary/aromatic N) is 1. The third-order valence-corrected chi connectivity index (χ3v) is 8.05. The molecular weight excluding hydrogens is 324 g/mol. The van der Waals surface area contributed by atoms with Crippen molar-refractivity contribution in [2.24, 2.45) is 40.9 Å². The van der Waals surface area contributed by atoms with Crippen molar-refractivity contribution in [3.05, 3.63) is 12.2 Å². The number of rotatable bonds is 3. The molecule has 1 saturated heterocycles. The van der Waals surface area contributed by atoms with E-state index in [0.717, 1.165) is 44.1 Å². The summed E-state index contributed by atoms with van der Waals surface area (Å²) in [5, 5.41) is 3.27. The lowest BCUT2D eigenvalue weighted by atomic mass is 9.83. The topological polar surface area (TPSA) is 49.4 Å². The van der Waals surface area contributed by atoms with Gasteiger partial charge in [-0.1, -0.05) is 39.8 Å². The van der Waals surface area contributed by atoms with Gasteiger partial charge in [-0.15, -0.1) is 0 Å². The molecule has 1 aliphatic heterocycles. The summed E-state index contributed by atoms with van der Waals surface area (Å²) in [4.78, 5) is 27.7. The van der Waals surface area contributed by atoms with E-state index in [1.54, 1.807) is 0 Å². The van der Waals surface area contributed by atoms with Gasteiger partial charge in [0.05, 0.1) is 6.04 Å². The zero-order valence-corrected chi connectivity index (χ0v) is 16.7. The third kappa shape index (κ3) is 2.99. The van der Waals surface area contributed by atoms with Crippen LogP contribution in [0.1, 0.15) is 53.4 Å². The Labute approximate surface area is 157 Å². The van der Waals surface area contributed by atoms with E-state index in [-0.39, 0.29) is 23.8 Å². The molecular formula is C22H34N2O2. The highest BCUT2D eigenvalue weighted by atomic mass is 16.2. The molecule has 7 atom stereocenters. The van der Waals surface area contributed by atoms with E-state index < -0.39 is 0 Å². The number of amides is 2. The second kappa shape index (κ2) is 6.38. The van der Waals surface area contributed by atoms with Crippen LogP contribution >= 0.6 is 0 Å². The van der Waals surface area contributed by atoms with Gasteiger partial charge in [-0.25, -0.2) is 0 Å². The summed E-state index contributed by atoms with van der Waals surface area (Å²) >= 11 is 0. The molecule has 0 aromatic heterocycles. The number of nitrogens with one attached hydrogen (secondary N) is 1. The molecule has 1 heterocycles. The average molecular weight is 359 g/mol. The number of carbonyl (C=O) groups excluding carboxylic acids is 2. The van der Waals surface area contributed by atoms with Crippen molar-refractivity contribution in [1.82, 2.24) is 10.2 Å². The van der Waals surface area contributed by atoms with Gasteiger partial charge < -0.3 is 10.2 Å². The van der Waals surface area contributed by atoms with Crippen LogP contribution in [0.25, 0.3) is 0 Å². The van der Waals surface area contributed by atoms with Gasteiger partial charge in [0, 0.05) is 24.9 Å². The minimum atomic E-state index is 0.0844. The Morgan fingerprint density at radius 3 is 2.31 bits per heavy atom. The first-order valence-electron chi connectivity index (χ1n) is 10.5. The van der Waals surface area contributed by atoms with Gasteiger partial charge in [0.2, 0.25) is 11.8 Å². The van der Waals surface area contributed by atoms with Crippen LogP contribution in [0.5, 0.6) is 0 Å². The van der Waals surface area contributed by atoms with Crippen molar-refractivity contribution in [3.63, 3.8) is 0 Å². The minimum Gasteiger partial charge on any atom is -0.351 e. The first-order valence-corrected chi connectivity index (χ1v) is 10.5. The smallest absolute Gasteiger partial charge is 0.225 e. The van der Waals surface area contributed by atoms with E-state index in [4.69, 9.17) is 0 Å². The maximum atomic E-state index is 13.0. The quantitative estimate of drug-likeness (QED) is 0.788. The Balaban J connectivity index is 1.31. The van der Waals surface area contributed by atoms with Gasteiger partial charge in [0.25, 0.3) is 0 Å². The third-order valence-electron chi connectivity index (χ3n) is 8.05. The van der Waals surface area contributed by atoms with Crippen molar-refractivity contribution < 1.29 is 9.59 Å². The maximum absolute atomic E-state index is 13.0. The Morgan fingerprint density at radius 2 is 1.65 bits per heavy atom. The molecule has 4 heteroatoms. The van der Waals surface area contributed by atoms with E-state index in [0.29, 0.717) is 29.7 Å². The highest BCUT2D eigenvalue weighted by molar-refractivity contribution is 5.81. The molecule has 0 spiro atoms. The minimum absolute atomic E-state index is 0.0844. The summed E-state index contributed by atoms with van der Waals surface area (Å²) in [7, 11) is 0. The second-order valence-electron chi connectivity index (χ2n) is 10.1. The first kappa shape index (κ1) is 18.1. The van der Waals surface area contributed by atoms with Gasteiger partial charge in [-0.3, -0.25) is 9.59 Å². The molecule has 0 radical (unpaired) electrons. The fraction of sp³-hybridized carbons (Fsp3) is 0.818. The van der Waals surface area contributed by atoms with E-state index >= 15 is 0 Å². The standard InChI is InChI=1S/C22H34N2O2/c1-13-7-5-6-8-16(13)20(25)23-19-12-24(11-14(19)2)21(26)15-9-17-18(10-15)22(17,3)4/h5-6,13-19H,7-12H2,1-4H3,(H,23,25)/t13-,14-,15?,16-,17-,18+,19+/m1/s1. The number of allylic oxidation sites excluding steroid dienone is 2. The van der Waals surface area contributed by atoms with Crippen LogP contribution in [-0.4, -0.2) is 35.8 Å². The van der Waals surface area contributed by atoms with Gasteiger partial charge in [0.1, 0.15) is 0 Å². The SMILES string of the molecule is C[C@@H]1CN(C(=O)C2C[C@@H]3[C@H](C2)C3(C)C)C[C@@H]1NC(=O)[C@@H]1CC=CC[C@H]1C. The van der Waals surface area contributed by atoms with E-state index in [1.165, 1.54) is 0 Å². The molecule has 1 N–H and O–H groups in total. The first-order chi connectivity index (χ1) is 12.3. The fourth-order valence-electron chi connectivity index (χ4n) is 5.90. The number of hydrogen-bond donors (Lipinski definition) is 1. The molecule has 0 aromatic rings. The molecule has 144 valence electrons. The van der Waals surface area contributed by atoms with Crippen LogP contribution in [0.3, 0.4) is 0 Å². The van der Waals surface area contributed by atoms with Crippen molar-refractivity contribution in [2.75, 3.05) is 13.1 Å². The zero-order chi connectivity index (χ0) is 18.6. The Kier molecular flexibility index (Phi) is 4.44. The van der Waals surface area contributed by atoms with Gasteiger partial charge in [-0.05, 0) is 54.8 Å². The molecule has 3 aliphatic carbocycles. The van der Waals surface area contributed by atoms with Crippen molar-refractivity contribution in [1.29, 1.82) is 0 Å². The highest BCUT2D eigenvalue weighted by Crippen LogP contribution is 2.68. The van der Waals surface area contributed by atoms with Crippen molar-refractivity contribution in [2.45, 2.75) is 59.4 Å². The molecule has 0 aromatic carbocycles. The molecule has 4 nitrogen and oxygen atoms in total. The lowest BCUT2D eigenvalue weighted by Crippen LogP contribution is -2.45. The molecule has 26 heavy (non-hydrogen) atoms. The largest absolute Gasteiger partial charge is 0.351 e. The van der Waals surface area contributed by atoms with Gasteiger partial charge in [-0.2, -0.15) is 0 Å². The van der Waals surface area contributed by atoms with Gasteiger partial charge in [0.15, 0.2) is 0 Å². The highest BCUT2D eigenvalue weighted by Gasteiger charge is 2.63. The van der Waals surface area contributed by atoms with Crippen LogP contribution in [0.4, 0.5) is 0 Å². The number of likely N-dealkylation sites (tertiary alicyclic amines) is 1. The lowest BCUT2D eigenvalue weighted by molar-refractivity contribution is -0.135. The van der Waals surface area contributed by atoms with Gasteiger partial charge >= 0.3 is 0 Å². The predicted molar refractivity (Wildman–Crippen MR) is 102 cm³/mol. The number of fused-ring (bicyclic) bond motifs is 1. The summed E-state index contributed by atoms with van der Waals surface area (Å²) in [6, 6.07) is 0.108. The van der Waals surface area contributed by atoms with Crippen LogP contribution in [0, 0.1) is 40.9 Å². The average Bonchev–Trinajstić information content (AvgIpc) is 2.99. The van der Waals surface area contributed by atoms with Crippen LogP contribution in [-0.2, 0) is 9.59 Å². The lowest BCUT2D eigenvalue weighted by Gasteiger charge is -2.27. The Bertz CT molecular complexity index is 612. The molecule has 4 rings (SSSR count). The molecule has 2 amide bonds. The summed E-state index contributed by atoms with van der Waals surface area (Å²) < 4.78 is 0. The Morgan fingerprint density at radius 1 is 1.00 bits per heavy atom. The predicted octanol–water partition coefficient (Wildman–Crippen LogP) is 3.23. The van der Waals surface area contributed by atoms with E-state index in [9.17, 15) is 9.59 Å². The molecule has 0 bridgehead atoms. The molecule has 2 saturated carbocycles. The van der Waals surface area contributed by atoms with Crippen LogP contribution in [0.2, 0.25) is 0 Å². The zero-order valence-electron chi connectivity index (χ0n) is 16.7. The van der Waals surface area contributed by atoms with E-state index in [2.05, 4.69) is 45.2 Å². The summed E-state index contributed by atoms with van der Waals surface area (Å²) in [6.07, 6.45) is 8.29. The Hall–Kier alpha value is -1.32. The molecule has 1 unspecified atom stereocenters. The number of carbonyl (C=O) groups is 2. The normalized spacial score (nSPS) is 43.2. The number of hydrogen-bond acceptors (Lipinski definition) is 2.